The van der Waals surface area contributed by atoms with Gasteiger partial charge in [-0.2, -0.15) is 0 Å². The van der Waals surface area contributed by atoms with E-state index in [1.54, 1.807) is 18.2 Å². The predicted octanol–water partition coefficient (Wildman–Crippen LogP) is 4.40. The molecule has 0 unspecified atom stereocenters. The number of nitro groups is 1. The molecule has 3 amide bonds. The highest BCUT2D eigenvalue weighted by atomic mass is 35.5. The predicted molar refractivity (Wildman–Crippen MR) is 128 cm³/mol. The summed E-state index contributed by atoms with van der Waals surface area (Å²) in [7, 11) is 0. The van der Waals surface area contributed by atoms with Crippen LogP contribution in [0.25, 0.3) is 0 Å². The number of non-ortho nitro benzene ring substituents is 1. The Balaban J connectivity index is 1.48. The Labute approximate surface area is 201 Å². The number of likely N-dealkylation sites (tertiary alicyclic amines) is 1. The highest BCUT2D eigenvalue weighted by molar-refractivity contribution is 6.31. The van der Waals surface area contributed by atoms with Crippen molar-refractivity contribution in [3.8, 4) is 0 Å². The molecular formula is C24H25ClN4O5. The zero-order valence-electron chi connectivity index (χ0n) is 18.7. The lowest BCUT2D eigenvalue weighted by molar-refractivity contribution is -0.384. The van der Waals surface area contributed by atoms with Gasteiger partial charge in [0.05, 0.1) is 22.3 Å². The van der Waals surface area contributed by atoms with Gasteiger partial charge in [0, 0.05) is 41.6 Å². The van der Waals surface area contributed by atoms with Crippen molar-refractivity contribution in [3.63, 3.8) is 0 Å². The summed E-state index contributed by atoms with van der Waals surface area (Å²) in [5.41, 5.74) is 1.50. The van der Waals surface area contributed by atoms with Gasteiger partial charge in [0.2, 0.25) is 11.8 Å². The number of amides is 3. The molecule has 178 valence electrons. The monoisotopic (exact) mass is 484 g/mol. The molecule has 0 radical (unpaired) electrons. The largest absolute Gasteiger partial charge is 0.383 e. The van der Waals surface area contributed by atoms with Gasteiger partial charge in [-0.05, 0) is 43.5 Å². The number of halogens is 1. The van der Waals surface area contributed by atoms with Crippen LogP contribution in [0.5, 0.6) is 0 Å². The summed E-state index contributed by atoms with van der Waals surface area (Å²) in [4.78, 5) is 50.3. The molecule has 0 spiro atoms. The second-order valence-electron chi connectivity index (χ2n) is 8.66. The molecular weight excluding hydrogens is 460 g/mol. The van der Waals surface area contributed by atoms with Gasteiger partial charge in [0.15, 0.2) is 0 Å². The second kappa shape index (κ2) is 9.80. The number of imide groups is 1. The molecule has 2 N–H and O–H groups in total. The molecule has 0 aromatic heterocycles. The van der Waals surface area contributed by atoms with Crippen LogP contribution in [0.15, 0.2) is 36.4 Å². The van der Waals surface area contributed by atoms with Crippen LogP contribution < -0.4 is 10.6 Å². The number of nitrogens with one attached hydrogen (secondary N) is 2. The third-order valence-corrected chi connectivity index (χ3v) is 6.88. The molecule has 1 aliphatic heterocycles. The summed E-state index contributed by atoms with van der Waals surface area (Å²) in [6.07, 6.45) is 3.41. The van der Waals surface area contributed by atoms with Crippen LogP contribution in [-0.2, 0) is 9.59 Å². The van der Waals surface area contributed by atoms with E-state index in [1.807, 2.05) is 6.92 Å². The molecule has 1 saturated heterocycles. The molecule has 1 aliphatic carbocycles. The molecule has 2 aromatic rings. The highest BCUT2D eigenvalue weighted by Gasteiger charge is 2.47. The number of fused-ring (bicyclic) bond motifs is 1. The first-order valence-electron chi connectivity index (χ1n) is 11.2. The number of carbonyl (C=O) groups is 3. The summed E-state index contributed by atoms with van der Waals surface area (Å²) in [5, 5.41) is 17.5. The van der Waals surface area contributed by atoms with E-state index in [2.05, 4.69) is 10.6 Å². The summed E-state index contributed by atoms with van der Waals surface area (Å²) >= 11 is 6.13. The number of anilines is 2. The van der Waals surface area contributed by atoms with Gasteiger partial charge in [-0.15, -0.1) is 0 Å². The zero-order valence-corrected chi connectivity index (χ0v) is 19.4. The van der Waals surface area contributed by atoms with Crippen LogP contribution >= 0.6 is 11.6 Å². The fourth-order valence-corrected chi connectivity index (χ4v) is 4.79. The quantitative estimate of drug-likeness (QED) is 0.341. The van der Waals surface area contributed by atoms with E-state index in [-0.39, 0.29) is 48.0 Å². The van der Waals surface area contributed by atoms with Gasteiger partial charge in [-0.25, -0.2) is 0 Å². The Morgan fingerprint density at radius 3 is 2.41 bits per heavy atom. The summed E-state index contributed by atoms with van der Waals surface area (Å²) in [5.74, 6) is -1.25. The molecule has 34 heavy (non-hydrogen) atoms. The Kier molecular flexibility index (Phi) is 6.83. The Morgan fingerprint density at radius 2 is 1.79 bits per heavy atom. The number of hydrogen-bond acceptors (Lipinski definition) is 6. The van der Waals surface area contributed by atoms with Crippen molar-refractivity contribution in [1.29, 1.82) is 0 Å². The SMILES string of the molecule is Cc1ccc(NC(=O)c2cc([N+](=O)[O-])ccc2NCCN2C(=O)[C@@H]3CCCC[C@H]3C2=O)cc1Cl. The van der Waals surface area contributed by atoms with E-state index in [0.717, 1.165) is 31.2 Å². The lowest BCUT2D eigenvalue weighted by Gasteiger charge is -2.19. The van der Waals surface area contributed by atoms with E-state index in [9.17, 15) is 24.5 Å². The van der Waals surface area contributed by atoms with Gasteiger partial charge in [-0.1, -0.05) is 30.5 Å². The number of benzene rings is 2. The number of nitrogens with zero attached hydrogens (tertiary/aromatic N) is 2. The maximum Gasteiger partial charge on any atom is 0.270 e. The molecule has 2 aliphatic rings. The molecule has 0 bridgehead atoms. The van der Waals surface area contributed by atoms with Crippen LogP contribution in [0.3, 0.4) is 0 Å². The second-order valence-corrected chi connectivity index (χ2v) is 9.06. The van der Waals surface area contributed by atoms with Crippen molar-refractivity contribution in [3.05, 3.63) is 62.7 Å². The molecule has 4 rings (SSSR count). The zero-order chi connectivity index (χ0) is 24.4. The minimum Gasteiger partial charge on any atom is -0.383 e. The van der Waals surface area contributed by atoms with Crippen LogP contribution in [0, 0.1) is 28.9 Å². The summed E-state index contributed by atoms with van der Waals surface area (Å²) in [6.45, 7) is 2.21. The molecule has 2 atom stereocenters. The van der Waals surface area contributed by atoms with E-state index in [0.29, 0.717) is 16.4 Å². The van der Waals surface area contributed by atoms with Crippen molar-refractivity contribution >= 4 is 46.4 Å². The molecule has 2 fully saturated rings. The Hall–Kier alpha value is -3.46. The Bertz CT molecular complexity index is 1140. The third kappa shape index (κ3) is 4.75. The van der Waals surface area contributed by atoms with Gasteiger partial charge >= 0.3 is 0 Å². The average Bonchev–Trinajstić information content (AvgIpc) is 3.06. The molecule has 1 saturated carbocycles. The van der Waals surface area contributed by atoms with E-state index in [1.165, 1.54) is 23.1 Å². The minimum atomic E-state index is -0.577. The lowest BCUT2D eigenvalue weighted by Crippen LogP contribution is -2.35. The first-order chi connectivity index (χ1) is 16.3. The maximum atomic E-state index is 13.0. The lowest BCUT2D eigenvalue weighted by atomic mass is 9.81. The first-order valence-corrected chi connectivity index (χ1v) is 11.6. The van der Waals surface area contributed by atoms with Crippen LogP contribution in [-0.4, -0.2) is 40.6 Å². The van der Waals surface area contributed by atoms with Gasteiger partial charge in [0.1, 0.15) is 0 Å². The van der Waals surface area contributed by atoms with Crippen LogP contribution in [0.2, 0.25) is 5.02 Å². The van der Waals surface area contributed by atoms with Crippen molar-refractivity contribution < 1.29 is 19.3 Å². The molecule has 10 heteroatoms. The smallest absolute Gasteiger partial charge is 0.270 e. The molecule has 2 aromatic carbocycles. The standard InChI is InChI=1S/C24H25ClN4O5/c1-14-6-7-15(12-20(14)25)27-22(30)19-13-16(29(33)34)8-9-21(19)26-10-11-28-23(31)17-4-2-3-5-18(17)24(28)32/h6-9,12-13,17-18,26H,2-5,10-11H2,1H3,(H,27,30)/t17-,18-/m1/s1. The van der Waals surface area contributed by atoms with E-state index in [4.69, 9.17) is 11.6 Å². The van der Waals surface area contributed by atoms with Crippen molar-refractivity contribution in [2.24, 2.45) is 11.8 Å². The van der Waals surface area contributed by atoms with Crippen molar-refractivity contribution in [2.75, 3.05) is 23.7 Å². The van der Waals surface area contributed by atoms with Crippen LogP contribution in [0.4, 0.5) is 17.1 Å². The van der Waals surface area contributed by atoms with Gasteiger partial charge < -0.3 is 10.6 Å². The van der Waals surface area contributed by atoms with E-state index >= 15 is 0 Å². The van der Waals surface area contributed by atoms with Crippen LogP contribution in [0.1, 0.15) is 41.6 Å². The topological polar surface area (TPSA) is 122 Å². The number of carbonyl (C=O) groups excluding carboxylic acids is 3. The third-order valence-electron chi connectivity index (χ3n) is 6.47. The molecule has 9 nitrogen and oxygen atoms in total. The fourth-order valence-electron chi connectivity index (χ4n) is 4.61. The summed E-state index contributed by atoms with van der Waals surface area (Å²) < 4.78 is 0. The number of aryl methyl sites for hydroxylation is 1. The minimum absolute atomic E-state index is 0.0682. The normalized spacial score (nSPS) is 19.6. The van der Waals surface area contributed by atoms with E-state index < -0.39 is 10.8 Å². The first kappa shape index (κ1) is 23.7. The fraction of sp³-hybridized carbons (Fsp3) is 0.375. The number of nitro benzene ring substituents is 1. The van der Waals surface area contributed by atoms with Crippen molar-refractivity contribution in [2.45, 2.75) is 32.6 Å². The highest BCUT2D eigenvalue weighted by Crippen LogP contribution is 2.37. The average molecular weight is 485 g/mol. The van der Waals surface area contributed by atoms with Crippen molar-refractivity contribution in [1.82, 2.24) is 4.90 Å². The number of rotatable bonds is 7. The Morgan fingerprint density at radius 1 is 1.12 bits per heavy atom. The number of hydrogen-bond donors (Lipinski definition) is 2. The maximum absolute atomic E-state index is 13.0. The van der Waals surface area contributed by atoms with Gasteiger partial charge in [-0.3, -0.25) is 29.4 Å². The molecule has 1 heterocycles. The summed E-state index contributed by atoms with van der Waals surface area (Å²) in [6, 6.07) is 8.97. The van der Waals surface area contributed by atoms with Gasteiger partial charge in [0.25, 0.3) is 11.6 Å².